The molecule has 0 saturated heterocycles. The molecule has 0 bridgehead atoms. The first kappa shape index (κ1) is 27.9. The Morgan fingerprint density at radius 3 is 1.93 bits per heavy atom. The Morgan fingerprint density at radius 1 is 0.833 bits per heavy atom. The minimum Gasteiger partial charge on any atom is -0.545 e. The molecule has 1 atom stereocenters. The van der Waals surface area contributed by atoms with E-state index in [1.54, 1.807) is 28.1 Å². The topological polar surface area (TPSA) is 119 Å². The fourth-order valence-electron chi connectivity index (χ4n) is 6.68. The fourth-order valence-corrected chi connectivity index (χ4v) is 6.68. The number of hydrogen-bond donors (Lipinski definition) is 0. The lowest BCUT2D eigenvalue weighted by Crippen LogP contribution is -2.55. The minimum atomic E-state index is -1.40. The lowest BCUT2D eigenvalue weighted by atomic mass is 9.79. The molecule has 9 nitrogen and oxygen atoms in total. The van der Waals surface area contributed by atoms with Crippen molar-refractivity contribution in [2.24, 2.45) is 0 Å². The van der Waals surface area contributed by atoms with Crippen LogP contribution in [0.4, 0.5) is 0 Å². The van der Waals surface area contributed by atoms with Gasteiger partial charge in [-0.05, 0) is 99.2 Å². The molecule has 6 rings (SSSR count). The maximum Gasteiger partial charge on any atom is 0.188 e. The Kier molecular flexibility index (Phi) is 6.05. The molecule has 0 radical (unpaired) electrons. The number of nitriles is 1. The van der Waals surface area contributed by atoms with E-state index in [0.717, 1.165) is 22.3 Å². The predicted octanol–water partition coefficient (Wildman–Crippen LogP) is 5.47. The Bertz CT molecular complexity index is 1730. The first-order valence-corrected chi connectivity index (χ1v) is 13.7. The lowest BCUT2D eigenvalue weighted by molar-refractivity contribution is -0.335. The van der Waals surface area contributed by atoms with Gasteiger partial charge >= 0.3 is 0 Å². The SMILES string of the molecule is COc1cc2c(cc1OC)C(C)(C)OC1(C2)Cc2cc3c(cc2C(C)(C)O1)Oc1c(c(C#N)c(C)c(C)c1C(=O)[O-])O3. The van der Waals surface area contributed by atoms with Gasteiger partial charge in [-0.25, -0.2) is 0 Å². The van der Waals surface area contributed by atoms with E-state index >= 15 is 0 Å². The summed E-state index contributed by atoms with van der Waals surface area (Å²) in [5.74, 6) is -0.402. The second-order valence-electron chi connectivity index (χ2n) is 12.1. The molecule has 3 aliphatic rings. The van der Waals surface area contributed by atoms with Crippen molar-refractivity contribution in [2.75, 3.05) is 14.2 Å². The van der Waals surface area contributed by atoms with Crippen LogP contribution in [0.3, 0.4) is 0 Å². The molecule has 0 amide bonds. The predicted molar refractivity (Wildman–Crippen MR) is 149 cm³/mol. The van der Waals surface area contributed by atoms with E-state index in [-0.39, 0.29) is 22.6 Å². The molecule has 218 valence electrons. The van der Waals surface area contributed by atoms with Gasteiger partial charge in [0.25, 0.3) is 0 Å². The molecule has 0 aliphatic carbocycles. The number of carboxylic acid groups (broad SMARTS) is 1. The summed E-state index contributed by atoms with van der Waals surface area (Å²) in [5, 5.41) is 22.0. The van der Waals surface area contributed by atoms with E-state index < -0.39 is 23.0 Å². The number of rotatable bonds is 3. The van der Waals surface area contributed by atoms with E-state index in [1.807, 2.05) is 52.0 Å². The average molecular weight is 571 g/mol. The largest absolute Gasteiger partial charge is 0.545 e. The van der Waals surface area contributed by atoms with Gasteiger partial charge in [-0.2, -0.15) is 5.26 Å². The number of aromatic carboxylic acids is 1. The van der Waals surface area contributed by atoms with Gasteiger partial charge in [-0.15, -0.1) is 0 Å². The summed E-state index contributed by atoms with van der Waals surface area (Å²) in [6.45, 7) is 11.2. The van der Waals surface area contributed by atoms with Crippen molar-refractivity contribution in [1.29, 1.82) is 5.26 Å². The number of benzene rings is 3. The van der Waals surface area contributed by atoms with E-state index in [2.05, 4.69) is 6.07 Å². The molecule has 0 saturated carbocycles. The number of fused-ring (bicyclic) bond motifs is 4. The lowest BCUT2D eigenvalue weighted by Gasteiger charge is -2.52. The average Bonchev–Trinajstić information content (AvgIpc) is 2.90. The quantitative estimate of drug-likeness (QED) is 0.316. The normalized spacial score (nSPS) is 20.5. The number of methoxy groups -OCH3 is 2. The summed E-state index contributed by atoms with van der Waals surface area (Å²) in [7, 11) is 3.22. The highest BCUT2D eigenvalue weighted by molar-refractivity contribution is 5.94. The third-order valence-electron chi connectivity index (χ3n) is 8.59. The van der Waals surface area contributed by atoms with Crippen LogP contribution in [-0.4, -0.2) is 26.0 Å². The molecule has 1 unspecified atom stereocenters. The highest BCUT2D eigenvalue weighted by Gasteiger charge is 2.52. The van der Waals surface area contributed by atoms with E-state index in [4.69, 9.17) is 28.4 Å². The zero-order valence-electron chi connectivity index (χ0n) is 24.9. The van der Waals surface area contributed by atoms with Crippen molar-refractivity contribution in [3.8, 4) is 40.6 Å². The highest BCUT2D eigenvalue weighted by atomic mass is 16.7. The van der Waals surface area contributed by atoms with Crippen LogP contribution in [0.15, 0.2) is 24.3 Å². The van der Waals surface area contributed by atoms with Gasteiger partial charge in [0.2, 0.25) is 0 Å². The zero-order chi connectivity index (χ0) is 30.4. The first-order valence-electron chi connectivity index (χ1n) is 13.7. The molecule has 42 heavy (non-hydrogen) atoms. The van der Waals surface area contributed by atoms with Crippen LogP contribution in [0, 0.1) is 25.2 Å². The number of carbonyl (C=O) groups is 1. The van der Waals surface area contributed by atoms with Gasteiger partial charge < -0.3 is 38.3 Å². The molecule has 0 fully saturated rings. The smallest absolute Gasteiger partial charge is 0.188 e. The zero-order valence-corrected chi connectivity index (χ0v) is 24.9. The second kappa shape index (κ2) is 9.12. The second-order valence-corrected chi connectivity index (χ2v) is 12.1. The van der Waals surface area contributed by atoms with E-state index in [1.165, 1.54) is 0 Å². The van der Waals surface area contributed by atoms with E-state index in [0.29, 0.717) is 47.0 Å². The van der Waals surface area contributed by atoms with Crippen LogP contribution in [0.5, 0.6) is 34.5 Å². The van der Waals surface area contributed by atoms with Crippen molar-refractivity contribution in [1.82, 2.24) is 0 Å². The molecule has 3 aliphatic heterocycles. The Morgan fingerprint density at radius 2 is 1.36 bits per heavy atom. The van der Waals surface area contributed by atoms with Crippen molar-refractivity contribution < 1.29 is 38.3 Å². The summed E-state index contributed by atoms with van der Waals surface area (Å²) >= 11 is 0. The number of ether oxygens (including phenoxy) is 6. The Labute approximate surface area is 244 Å². The van der Waals surface area contributed by atoms with Crippen LogP contribution in [-0.2, 0) is 33.5 Å². The van der Waals surface area contributed by atoms with Gasteiger partial charge in [0, 0.05) is 18.4 Å². The van der Waals surface area contributed by atoms with Crippen molar-refractivity contribution >= 4 is 5.97 Å². The van der Waals surface area contributed by atoms with Crippen LogP contribution < -0.4 is 24.1 Å². The van der Waals surface area contributed by atoms with Crippen LogP contribution in [0.1, 0.15) is 77.0 Å². The van der Waals surface area contributed by atoms with Gasteiger partial charge in [-0.3, -0.25) is 0 Å². The molecule has 0 aromatic heterocycles. The number of carbonyl (C=O) groups excluding carboxylic acids is 1. The number of nitrogens with zero attached hydrogens (tertiary/aromatic N) is 1. The molecule has 9 heteroatoms. The van der Waals surface area contributed by atoms with Gasteiger partial charge in [0.15, 0.2) is 40.3 Å². The van der Waals surface area contributed by atoms with Crippen LogP contribution >= 0.6 is 0 Å². The maximum absolute atomic E-state index is 12.1. The Balaban J connectivity index is 1.45. The molecule has 0 N–H and O–H groups in total. The molecule has 1 spiro atoms. The molecule has 3 heterocycles. The fraction of sp³-hybridized carbons (Fsp3) is 0.394. The summed E-state index contributed by atoms with van der Waals surface area (Å²) in [5.41, 5.74) is 3.28. The maximum atomic E-state index is 12.1. The van der Waals surface area contributed by atoms with Gasteiger partial charge in [0.1, 0.15) is 11.6 Å². The molecular formula is C33H32NO8-. The Hall–Kier alpha value is -4.26. The standard InChI is InChI=1S/C33H33NO8/c1-16-17(2)27(30(35)36)29-28(20(16)15-34)39-25-10-19-14-33(42-32(5,6)22(19)12-26(25)40-29)13-18-9-23(37-7)24(38-8)11-21(18)31(3,4)41-33/h9-12H,13-14H2,1-8H3,(H,35,36)/p-1. The van der Waals surface area contributed by atoms with Gasteiger partial charge in [-0.1, -0.05) is 0 Å². The molecule has 3 aromatic rings. The van der Waals surface area contributed by atoms with Crippen LogP contribution in [0.2, 0.25) is 0 Å². The van der Waals surface area contributed by atoms with Crippen molar-refractivity contribution in [3.63, 3.8) is 0 Å². The van der Waals surface area contributed by atoms with E-state index in [9.17, 15) is 15.2 Å². The summed E-state index contributed by atoms with van der Waals surface area (Å²) in [4.78, 5) is 12.1. The van der Waals surface area contributed by atoms with Crippen molar-refractivity contribution in [2.45, 2.75) is 71.4 Å². The van der Waals surface area contributed by atoms with Gasteiger partial charge in [0.05, 0.1) is 31.4 Å². The molecule has 3 aromatic carbocycles. The highest BCUT2D eigenvalue weighted by Crippen LogP contribution is 2.55. The monoisotopic (exact) mass is 570 g/mol. The first-order chi connectivity index (χ1) is 19.7. The van der Waals surface area contributed by atoms with Crippen molar-refractivity contribution in [3.05, 3.63) is 68.8 Å². The summed E-state index contributed by atoms with van der Waals surface area (Å²) in [6, 6.07) is 9.77. The number of carboxylic acids is 1. The third kappa shape index (κ3) is 4.01. The summed E-state index contributed by atoms with van der Waals surface area (Å²) in [6.07, 6.45) is 0.882. The minimum absolute atomic E-state index is 0.0357. The summed E-state index contributed by atoms with van der Waals surface area (Å²) < 4.78 is 37.1. The number of hydrogen-bond acceptors (Lipinski definition) is 9. The van der Waals surface area contributed by atoms with Crippen LogP contribution in [0.25, 0.3) is 0 Å². The molecular weight excluding hydrogens is 538 g/mol. The third-order valence-corrected chi connectivity index (χ3v) is 8.59.